The van der Waals surface area contributed by atoms with Gasteiger partial charge in [-0.1, -0.05) is 0 Å². The Bertz CT molecular complexity index is 399. The molecule has 1 unspecified atom stereocenters. The highest BCUT2D eigenvalue weighted by molar-refractivity contribution is 9.10. The number of aromatic nitrogens is 1. The van der Waals surface area contributed by atoms with E-state index in [0.29, 0.717) is 6.54 Å². The average Bonchev–Trinajstić information content (AvgIpc) is 2.65. The molecule has 1 aromatic rings. The van der Waals surface area contributed by atoms with Crippen molar-refractivity contribution in [3.05, 3.63) is 22.9 Å². The smallest absolute Gasteiger partial charge is 0.404 e. The molecular formula is C10H12BrN3O2. The van der Waals surface area contributed by atoms with Crippen LogP contribution >= 0.6 is 15.9 Å². The molecule has 1 aromatic heterocycles. The Hall–Kier alpha value is -1.30. The van der Waals surface area contributed by atoms with E-state index in [2.05, 4.69) is 31.1 Å². The molecule has 5 nitrogen and oxygen atoms in total. The van der Waals surface area contributed by atoms with Gasteiger partial charge in [0.2, 0.25) is 0 Å². The van der Waals surface area contributed by atoms with Crippen LogP contribution in [0.5, 0.6) is 0 Å². The fraction of sp³-hybridized carbons (Fsp3) is 0.400. The van der Waals surface area contributed by atoms with Crippen molar-refractivity contribution in [2.24, 2.45) is 0 Å². The van der Waals surface area contributed by atoms with Crippen molar-refractivity contribution in [2.45, 2.75) is 12.5 Å². The van der Waals surface area contributed by atoms with E-state index in [0.717, 1.165) is 23.1 Å². The van der Waals surface area contributed by atoms with Gasteiger partial charge in [-0.25, -0.2) is 4.79 Å². The molecule has 86 valence electrons. The minimum absolute atomic E-state index is 0.0106. The molecule has 0 aromatic carbocycles. The highest BCUT2D eigenvalue weighted by Gasteiger charge is 2.24. The number of pyridine rings is 1. The monoisotopic (exact) mass is 285 g/mol. The lowest BCUT2D eigenvalue weighted by atomic mass is 10.3. The summed E-state index contributed by atoms with van der Waals surface area (Å²) in [5.41, 5.74) is 1.02. The molecule has 2 N–H and O–H groups in total. The first-order valence-corrected chi connectivity index (χ1v) is 5.79. The van der Waals surface area contributed by atoms with Gasteiger partial charge in [0.25, 0.3) is 0 Å². The van der Waals surface area contributed by atoms with E-state index in [4.69, 9.17) is 5.11 Å². The fourth-order valence-electron chi connectivity index (χ4n) is 1.86. The Morgan fingerprint density at radius 3 is 3.12 bits per heavy atom. The van der Waals surface area contributed by atoms with Crippen LogP contribution in [-0.4, -0.2) is 35.3 Å². The third-order valence-corrected chi connectivity index (χ3v) is 3.01. The molecule has 0 saturated carbocycles. The molecule has 1 amide bonds. The van der Waals surface area contributed by atoms with Crippen molar-refractivity contribution in [3.63, 3.8) is 0 Å². The lowest BCUT2D eigenvalue weighted by Gasteiger charge is -2.18. The second-order valence-corrected chi connectivity index (χ2v) is 4.66. The average molecular weight is 286 g/mol. The quantitative estimate of drug-likeness (QED) is 0.868. The summed E-state index contributed by atoms with van der Waals surface area (Å²) in [5, 5.41) is 11.1. The number of nitrogens with zero attached hydrogens (tertiary/aromatic N) is 2. The SMILES string of the molecule is O=C(O)NC1CCN(c2cncc(Br)c2)C1. The molecule has 6 heteroatoms. The van der Waals surface area contributed by atoms with Crippen LogP contribution in [0.3, 0.4) is 0 Å². The molecule has 2 rings (SSSR count). The number of carbonyl (C=O) groups is 1. The summed E-state index contributed by atoms with van der Waals surface area (Å²) < 4.78 is 0.930. The van der Waals surface area contributed by atoms with E-state index in [1.807, 2.05) is 6.07 Å². The van der Waals surface area contributed by atoms with E-state index in [1.54, 1.807) is 12.4 Å². The van der Waals surface area contributed by atoms with Gasteiger partial charge in [0, 0.05) is 23.8 Å². The maximum Gasteiger partial charge on any atom is 0.404 e. The first-order valence-electron chi connectivity index (χ1n) is 5.00. The van der Waals surface area contributed by atoms with Gasteiger partial charge in [0.05, 0.1) is 17.9 Å². The third kappa shape index (κ3) is 2.63. The maximum atomic E-state index is 10.5. The Kier molecular flexibility index (Phi) is 3.28. The summed E-state index contributed by atoms with van der Waals surface area (Å²) >= 11 is 3.37. The van der Waals surface area contributed by atoms with Crippen LogP contribution in [-0.2, 0) is 0 Å². The van der Waals surface area contributed by atoms with Crippen molar-refractivity contribution in [1.82, 2.24) is 10.3 Å². The summed E-state index contributed by atoms with van der Waals surface area (Å²) in [5.74, 6) is 0. The first kappa shape index (κ1) is 11.2. The molecule has 0 aliphatic carbocycles. The van der Waals surface area contributed by atoms with Crippen LogP contribution in [0, 0.1) is 0 Å². The van der Waals surface area contributed by atoms with Gasteiger partial charge in [-0.3, -0.25) is 4.98 Å². The molecule has 0 bridgehead atoms. The van der Waals surface area contributed by atoms with Crippen molar-refractivity contribution >= 4 is 27.7 Å². The number of hydrogen-bond donors (Lipinski definition) is 2. The highest BCUT2D eigenvalue weighted by Crippen LogP contribution is 2.22. The van der Waals surface area contributed by atoms with Gasteiger partial charge < -0.3 is 15.3 Å². The third-order valence-electron chi connectivity index (χ3n) is 2.57. The number of nitrogens with one attached hydrogen (secondary N) is 1. The van der Waals surface area contributed by atoms with Gasteiger partial charge in [0.1, 0.15) is 0 Å². The standard InChI is InChI=1S/C10H12BrN3O2/c11-7-3-9(5-12-4-7)14-2-1-8(6-14)13-10(15)16/h3-5,8,13H,1-2,6H2,(H,15,16). The van der Waals surface area contributed by atoms with E-state index >= 15 is 0 Å². The predicted octanol–water partition coefficient (Wildman–Crippen LogP) is 1.69. The van der Waals surface area contributed by atoms with Gasteiger partial charge in [0.15, 0.2) is 0 Å². The lowest BCUT2D eigenvalue weighted by Crippen LogP contribution is -2.36. The first-order chi connectivity index (χ1) is 7.65. The molecule has 1 atom stereocenters. The minimum atomic E-state index is -0.959. The maximum absolute atomic E-state index is 10.5. The minimum Gasteiger partial charge on any atom is -0.465 e. The largest absolute Gasteiger partial charge is 0.465 e. The molecule has 1 saturated heterocycles. The Balaban J connectivity index is 2.00. The Morgan fingerprint density at radius 2 is 2.44 bits per heavy atom. The van der Waals surface area contributed by atoms with Crippen LogP contribution in [0.4, 0.5) is 10.5 Å². The molecule has 1 aliphatic heterocycles. The van der Waals surface area contributed by atoms with E-state index in [1.165, 1.54) is 0 Å². The van der Waals surface area contributed by atoms with Gasteiger partial charge in [-0.15, -0.1) is 0 Å². The van der Waals surface area contributed by atoms with E-state index < -0.39 is 6.09 Å². The zero-order valence-corrected chi connectivity index (χ0v) is 10.1. The van der Waals surface area contributed by atoms with Crippen molar-refractivity contribution < 1.29 is 9.90 Å². The summed E-state index contributed by atoms with van der Waals surface area (Å²) in [6, 6.07) is 1.99. The number of amides is 1. The summed E-state index contributed by atoms with van der Waals surface area (Å²) in [4.78, 5) is 16.7. The van der Waals surface area contributed by atoms with Crippen molar-refractivity contribution in [3.8, 4) is 0 Å². The zero-order valence-electron chi connectivity index (χ0n) is 8.56. The van der Waals surface area contributed by atoms with Gasteiger partial charge in [-0.05, 0) is 28.4 Å². The molecule has 16 heavy (non-hydrogen) atoms. The molecule has 1 fully saturated rings. The van der Waals surface area contributed by atoms with Crippen LogP contribution in [0.2, 0.25) is 0 Å². The van der Waals surface area contributed by atoms with Crippen LogP contribution in [0.15, 0.2) is 22.9 Å². The van der Waals surface area contributed by atoms with E-state index in [-0.39, 0.29) is 6.04 Å². The molecule has 0 radical (unpaired) electrons. The van der Waals surface area contributed by atoms with Crippen molar-refractivity contribution in [2.75, 3.05) is 18.0 Å². The highest BCUT2D eigenvalue weighted by atomic mass is 79.9. The Morgan fingerprint density at radius 1 is 1.62 bits per heavy atom. The normalized spacial score (nSPS) is 19.8. The lowest BCUT2D eigenvalue weighted by molar-refractivity contribution is 0.191. The number of halogens is 1. The number of carboxylic acid groups (broad SMARTS) is 1. The topological polar surface area (TPSA) is 65.5 Å². The molecule has 0 spiro atoms. The molecule has 1 aliphatic rings. The van der Waals surface area contributed by atoms with Crippen LogP contribution in [0.1, 0.15) is 6.42 Å². The number of hydrogen-bond acceptors (Lipinski definition) is 3. The summed E-state index contributed by atoms with van der Waals surface area (Å²) in [6.07, 6.45) is 3.39. The van der Waals surface area contributed by atoms with Gasteiger partial charge in [-0.2, -0.15) is 0 Å². The number of anilines is 1. The predicted molar refractivity (Wildman–Crippen MR) is 63.7 cm³/mol. The van der Waals surface area contributed by atoms with E-state index in [9.17, 15) is 4.79 Å². The second kappa shape index (κ2) is 4.69. The Labute approximate surface area is 102 Å². The van der Waals surface area contributed by atoms with Gasteiger partial charge >= 0.3 is 6.09 Å². The summed E-state index contributed by atoms with van der Waals surface area (Å²) in [7, 11) is 0. The fourth-order valence-corrected chi connectivity index (χ4v) is 2.21. The van der Waals surface area contributed by atoms with Crippen LogP contribution in [0.25, 0.3) is 0 Å². The number of rotatable bonds is 2. The zero-order chi connectivity index (χ0) is 11.5. The summed E-state index contributed by atoms with van der Waals surface area (Å²) in [6.45, 7) is 1.55. The van der Waals surface area contributed by atoms with Crippen LogP contribution < -0.4 is 10.2 Å². The molecular weight excluding hydrogens is 274 g/mol. The second-order valence-electron chi connectivity index (χ2n) is 3.74. The van der Waals surface area contributed by atoms with Crippen molar-refractivity contribution in [1.29, 1.82) is 0 Å². The molecule has 2 heterocycles.